The van der Waals surface area contributed by atoms with Gasteiger partial charge in [-0.25, -0.2) is 22.9 Å². The Kier molecular flexibility index (Phi) is 12.5. The average molecular weight is 1140 g/mol. The van der Waals surface area contributed by atoms with Gasteiger partial charge in [0.05, 0.1) is 56.4 Å². The molecule has 24 heteroatoms. The molecule has 10 heterocycles. The number of anilines is 2. The number of halogens is 4. The zero-order valence-electron chi connectivity index (χ0n) is 44.2. The van der Waals surface area contributed by atoms with Crippen molar-refractivity contribution in [2.24, 2.45) is 0 Å². The highest BCUT2D eigenvalue weighted by Crippen LogP contribution is 2.47. The highest BCUT2D eigenvalue weighted by molar-refractivity contribution is 7.23. The van der Waals surface area contributed by atoms with Crippen LogP contribution in [0.25, 0.3) is 65.8 Å². The minimum Gasteiger partial charge on any atom is -0.461 e. The molecule has 3 saturated heterocycles. The first-order valence-corrected chi connectivity index (χ1v) is 27.9. The van der Waals surface area contributed by atoms with Gasteiger partial charge in [0.25, 0.3) is 11.5 Å². The van der Waals surface area contributed by atoms with Crippen LogP contribution in [0.15, 0.2) is 59.4 Å². The standard InChI is InChI=1S/C57H51ClF3N13O6S/c1-5-31-33-16-29(8-11-41(33)64-46-36(31)24-73-42(46)18-38-37(53(73)76)25-79-54(77)57(38,78)6-2)50-67-69-74(68-50)21-27(3)52(75)70-14-15-72(28(4)22-70)51-34-17-39(58)44(32-9-10-40(60)48-43(32)35(20-62)49(63)81-48)45(61)47(34)65-55(66-51)80-26-56-12-7-13-71(56)23-30(59)19-56/h8-11,16-18,28,30,78H,3,5-7,12-15,19,21-26,63H2,1-2,4H3. The van der Waals surface area contributed by atoms with Gasteiger partial charge in [-0.1, -0.05) is 38.1 Å². The van der Waals surface area contributed by atoms with Gasteiger partial charge >= 0.3 is 12.0 Å². The molecule has 5 aliphatic heterocycles. The quantitative estimate of drug-likeness (QED) is 0.0930. The van der Waals surface area contributed by atoms with Crippen LogP contribution in [-0.4, -0.2) is 124 Å². The number of thiophene rings is 1. The van der Waals surface area contributed by atoms with Crippen LogP contribution in [0.5, 0.6) is 6.01 Å². The van der Waals surface area contributed by atoms with Crippen LogP contribution in [0, 0.1) is 23.0 Å². The molecule has 1 amide bonds. The topological polar surface area (TPSA) is 237 Å². The first kappa shape index (κ1) is 52.3. The summed E-state index contributed by atoms with van der Waals surface area (Å²) in [4.78, 5) is 62.3. The van der Waals surface area contributed by atoms with Crippen LogP contribution in [-0.2, 0) is 46.0 Å². The number of nitrogens with zero attached hydrogens (tertiary/aromatic N) is 12. The number of hydrogen-bond acceptors (Lipinski definition) is 17. The number of carbonyl (C=O) groups is 2. The van der Waals surface area contributed by atoms with E-state index in [4.69, 9.17) is 36.8 Å². The summed E-state index contributed by atoms with van der Waals surface area (Å²) in [6.07, 6.45) is 1.49. The van der Waals surface area contributed by atoms with E-state index in [9.17, 15) is 29.1 Å². The number of cyclic esters (lactones) is 1. The normalized spacial score (nSPS) is 21.3. The molecule has 0 spiro atoms. The van der Waals surface area contributed by atoms with Gasteiger partial charge in [-0.3, -0.25) is 14.5 Å². The molecule has 4 unspecified atom stereocenters. The van der Waals surface area contributed by atoms with E-state index in [1.165, 1.54) is 23.0 Å². The van der Waals surface area contributed by atoms with E-state index >= 15 is 8.78 Å². The third kappa shape index (κ3) is 8.14. The number of nitrogens with two attached hydrogens (primary N) is 1. The van der Waals surface area contributed by atoms with Gasteiger partial charge in [0.1, 0.15) is 47.6 Å². The Bertz CT molecular complexity index is 4180. The first-order valence-electron chi connectivity index (χ1n) is 26.7. The lowest BCUT2D eigenvalue weighted by molar-refractivity contribution is -0.172. The van der Waals surface area contributed by atoms with Gasteiger partial charge < -0.3 is 34.7 Å². The summed E-state index contributed by atoms with van der Waals surface area (Å²) in [6.45, 7) is 11.4. The number of carbonyl (C=O) groups excluding carboxylic acids is 2. The van der Waals surface area contributed by atoms with Crippen LogP contribution in [0.1, 0.15) is 74.3 Å². The SMILES string of the molecule is C=C(Cn1nnc(-c2ccc3nc4c(c(CC)c3c2)Cn2c-4cc3c(c2=O)COC(=O)C3(O)CC)n1)C(=O)N1CCN(c2nc(OCC34CCCN3CC(F)C4)nc3c(F)c(-c4ccc(F)c5sc(N)c(C#N)c45)c(Cl)cc23)C(C)C1. The van der Waals surface area contributed by atoms with Gasteiger partial charge in [0, 0.05) is 82.6 Å². The molecule has 5 aromatic heterocycles. The van der Waals surface area contributed by atoms with Crippen LogP contribution in [0.4, 0.5) is 24.0 Å². The Labute approximate surface area is 469 Å². The summed E-state index contributed by atoms with van der Waals surface area (Å²) in [5, 5.41) is 35.9. The molecule has 19 nitrogen and oxygen atoms in total. The predicted octanol–water partition coefficient (Wildman–Crippen LogP) is 7.75. The number of fused-ring (bicyclic) bond motifs is 8. The van der Waals surface area contributed by atoms with Gasteiger partial charge in [0.15, 0.2) is 11.4 Å². The van der Waals surface area contributed by atoms with Crippen molar-refractivity contribution in [3.63, 3.8) is 0 Å². The zero-order chi connectivity index (χ0) is 56.6. The number of aliphatic hydroxyl groups is 1. The maximum Gasteiger partial charge on any atom is 0.343 e. The Morgan fingerprint density at radius 3 is 2.68 bits per heavy atom. The second kappa shape index (κ2) is 19.3. The van der Waals surface area contributed by atoms with Gasteiger partial charge in [-0.15, -0.1) is 21.5 Å². The molecular weight excluding hydrogens is 1090 g/mol. The maximum absolute atomic E-state index is 17.5. The van der Waals surface area contributed by atoms with Crippen molar-refractivity contribution in [1.29, 1.82) is 5.26 Å². The van der Waals surface area contributed by atoms with Gasteiger partial charge in [-0.05, 0) is 91.9 Å². The number of nitrogen functional groups attached to an aromatic ring is 1. The van der Waals surface area contributed by atoms with Crippen LogP contribution in [0.2, 0.25) is 5.02 Å². The average Bonchev–Trinajstić information content (AvgIpc) is 4.39. The fourth-order valence-electron chi connectivity index (χ4n) is 12.9. The van der Waals surface area contributed by atoms with E-state index in [0.29, 0.717) is 47.7 Å². The predicted molar refractivity (Wildman–Crippen MR) is 296 cm³/mol. The van der Waals surface area contributed by atoms with Crippen LogP contribution in [0.3, 0.4) is 0 Å². The first-order chi connectivity index (χ1) is 38.9. The number of tetrazole rings is 1. The molecule has 3 N–H and O–H groups in total. The fraction of sp³-hybridized carbons (Fsp3) is 0.368. The lowest BCUT2D eigenvalue weighted by Gasteiger charge is -2.41. The third-order valence-corrected chi connectivity index (χ3v) is 18.3. The minimum atomic E-state index is -1.94. The fourth-order valence-corrected chi connectivity index (χ4v) is 14.1. The number of alkyl halides is 1. The third-order valence-electron chi connectivity index (χ3n) is 17.0. The zero-order valence-corrected chi connectivity index (χ0v) is 45.7. The molecule has 0 bridgehead atoms. The number of esters is 1. The molecule has 13 rings (SSSR count). The molecule has 3 fully saturated rings. The Morgan fingerprint density at radius 2 is 1.90 bits per heavy atom. The van der Waals surface area contributed by atoms with Crippen molar-refractivity contribution < 1.29 is 37.3 Å². The molecule has 4 atom stereocenters. The Balaban J connectivity index is 0.754. The minimum absolute atomic E-state index is 0.00451. The van der Waals surface area contributed by atoms with E-state index in [-0.39, 0.29) is 146 Å². The molecule has 0 aliphatic carbocycles. The smallest absolute Gasteiger partial charge is 0.343 e. The second-order valence-corrected chi connectivity index (χ2v) is 23.0. The number of hydrogen-bond donors (Lipinski definition) is 2. The summed E-state index contributed by atoms with van der Waals surface area (Å²) >= 11 is 7.88. The van der Waals surface area contributed by atoms with Crippen molar-refractivity contribution in [2.75, 3.05) is 50.0 Å². The highest BCUT2D eigenvalue weighted by Gasteiger charge is 2.50. The molecule has 0 saturated carbocycles. The molecule has 414 valence electrons. The van der Waals surface area contributed by atoms with Crippen LogP contribution < -0.4 is 20.9 Å². The van der Waals surface area contributed by atoms with E-state index < -0.39 is 41.0 Å². The van der Waals surface area contributed by atoms with Crippen molar-refractivity contribution >= 4 is 77.5 Å². The number of aromatic nitrogens is 8. The molecule has 0 radical (unpaired) electrons. The van der Waals surface area contributed by atoms with Crippen LogP contribution >= 0.6 is 22.9 Å². The number of nitriles is 1. The monoisotopic (exact) mass is 1140 g/mol. The Morgan fingerprint density at radius 1 is 1.07 bits per heavy atom. The number of amides is 1. The number of ether oxygens (including phenoxy) is 2. The van der Waals surface area contributed by atoms with Crippen molar-refractivity contribution in [3.05, 3.63) is 109 Å². The number of rotatable bonds is 11. The summed E-state index contributed by atoms with van der Waals surface area (Å²) in [6, 6.07) is 12.8. The number of benzene rings is 3. The molecule has 5 aliphatic rings. The van der Waals surface area contributed by atoms with E-state index in [2.05, 4.69) is 31.9 Å². The summed E-state index contributed by atoms with van der Waals surface area (Å²) in [7, 11) is 0. The van der Waals surface area contributed by atoms with Gasteiger partial charge in [0.2, 0.25) is 5.82 Å². The highest BCUT2D eigenvalue weighted by atomic mass is 35.5. The largest absolute Gasteiger partial charge is 0.461 e. The second-order valence-electron chi connectivity index (χ2n) is 21.5. The molecule has 81 heavy (non-hydrogen) atoms. The van der Waals surface area contributed by atoms with Crippen molar-refractivity contribution in [1.82, 2.24) is 49.5 Å². The van der Waals surface area contributed by atoms with E-state index in [0.717, 1.165) is 40.8 Å². The number of pyridine rings is 2. The number of piperazine rings is 1. The van der Waals surface area contributed by atoms with Gasteiger partial charge in [-0.2, -0.15) is 20.0 Å². The van der Waals surface area contributed by atoms with Crippen molar-refractivity contribution in [2.45, 2.75) is 95.9 Å². The van der Waals surface area contributed by atoms with E-state index in [1.807, 2.05) is 43.0 Å². The molecule has 3 aromatic carbocycles. The molecular formula is C57H51ClF3N13O6S. The lowest BCUT2D eigenvalue weighted by Crippen LogP contribution is -2.54. The maximum atomic E-state index is 17.5. The summed E-state index contributed by atoms with van der Waals surface area (Å²) in [5.41, 5.74) is 8.10. The summed E-state index contributed by atoms with van der Waals surface area (Å²) in [5.74, 6) is -2.03. The number of aryl methyl sites for hydroxylation is 1. The Hall–Kier alpha value is -8.04. The summed E-state index contributed by atoms with van der Waals surface area (Å²) < 4.78 is 60.8. The lowest BCUT2D eigenvalue weighted by atomic mass is 9.86. The van der Waals surface area contributed by atoms with Crippen molar-refractivity contribution in [3.8, 4) is 46.0 Å². The van der Waals surface area contributed by atoms with E-state index in [1.54, 1.807) is 22.5 Å². The molecule has 8 aromatic rings.